The van der Waals surface area contributed by atoms with E-state index in [1.54, 1.807) is 0 Å². The fourth-order valence-corrected chi connectivity index (χ4v) is 2.32. The first-order valence-corrected chi connectivity index (χ1v) is 5.13. The zero-order valence-corrected chi connectivity index (χ0v) is 8.10. The van der Waals surface area contributed by atoms with Crippen LogP contribution < -0.4 is 5.32 Å². The number of amides is 1. The van der Waals surface area contributed by atoms with Gasteiger partial charge in [-0.1, -0.05) is 6.92 Å². The second-order valence-electron chi connectivity index (χ2n) is 2.73. The van der Waals surface area contributed by atoms with Crippen LogP contribution in [0.3, 0.4) is 0 Å². The van der Waals surface area contributed by atoms with Crippen LogP contribution in [0.2, 0.25) is 0 Å². The topological polar surface area (TPSA) is 63.2 Å². The molecule has 4 nitrogen and oxygen atoms in total. The molecule has 1 amide bonds. The van der Waals surface area contributed by atoms with Gasteiger partial charge in [-0.25, -0.2) is 0 Å². The molecule has 0 radical (unpaired) electrons. The molecule has 5 heteroatoms. The van der Waals surface area contributed by atoms with Gasteiger partial charge in [-0.15, -0.1) is 0 Å². The van der Waals surface area contributed by atoms with E-state index >= 15 is 0 Å². The number of thioether (sulfide) groups is 1. The van der Waals surface area contributed by atoms with Crippen molar-refractivity contribution in [3.63, 3.8) is 0 Å². The van der Waals surface area contributed by atoms with Crippen molar-refractivity contribution in [3.05, 3.63) is 0 Å². The van der Waals surface area contributed by atoms with Crippen molar-refractivity contribution in [2.24, 2.45) is 0 Å². The first-order valence-electron chi connectivity index (χ1n) is 4.08. The lowest BCUT2D eigenvalue weighted by Gasteiger charge is -2.06. The van der Waals surface area contributed by atoms with Gasteiger partial charge in [0.2, 0.25) is 6.41 Å². The number of hydrogen-bond donors (Lipinski definition) is 1. The number of hydrogen-bond acceptors (Lipinski definition) is 4. The average Bonchev–Trinajstić information content (AvgIpc) is 2.34. The molecule has 0 spiro atoms. The summed E-state index contributed by atoms with van der Waals surface area (Å²) >= 11 is 1.45. The van der Waals surface area contributed by atoms with Crippen molar-refractivity contribution < 1.29 is 14.4 Å². The Morgan fingerprint density at radius 1 is 1.62 bits per heavy atom. The Morgan fingerprint density at radius 2 is 2.31 bits per heavy atom. The molecule has 1 aliphatic carbocycles. The van der Waals surface area contributed by atoms with Gasteiger partial charge in [0, 0.05) is 6.42 Å². The monoisotopic (exact) mass is 201 g/mol. The number of carbonyl (C=O) groups excluding carboxylic acids is 3. The van der Waals surface area contributed by atoms with Gasteiger partial charge in [0.15, 0.2) is 11.6 Å². The number of nitrogens with one attached hydrogen (secondary N) is 1. The molecule has 0 aromatic rings. The van der Waals surface area contributed by atoms with Gasteiger partial charge in [-0.3, -0.25) is 14.4 Å². The van der Waals surface area contributed by atoms with Crippen LogP contribution in [-0.4, -0.2) is 35.0 Å². The van der Waals surface area contributed by atoms with Crippen molar-refractivity contribution >= 4 is 29.7 Å². The van der Waals surface area contributed by atoms with Gasteiger partial charge >= 0.3 is 0 Å². The van der Waals surface area contributed by atoms with Gasteiger partial charge in [0.1, 0.15) is 6.04 Å². The predicted octanol–water partition coefficient (Wildman–Crippen LogP) is -0.235. The average molecular weight is 201 g/mol. The quantitative estimate of drug-likeness (QED) is 0.504. The Kier molecular flexibility index (Phi) is 3.48. The summed E-state index contributed by atoms with van der Waals surface area (Å²) in [5.74, 6) is 0.462. The van der Waals surface area contributed by atoms with Crippen molar-refractivity contribution in [3.8, 4) is 0 Å². The molecule has 0 saturated heterocycles. The molecule has 0 aromatic carbocycles. The van der Waals surface area contributed by atoms with Crippen LogP contribution in [0.1, 0.15) is 13.3 Å². The standard InChI is InChI=1S/C8H11NO3S/c1-2-13-6-3-5(11)7(8(6)12)9-4-10/h4,6-7H,2-3H2,1H3,(H,9,10). The van der Waals surface area contributed by atoms with E-state index in [1.165, 1.54) is 11.8 Å². The molecule has 72 valence electrons. The Balaban J connectivity index is 2.63. The van der Waals surface area contributed by atoms with Crippen LogP contribution in [0.5, 0.6) is 0 Å². The van der Waals surface area contributed by atoms with Crippen LogP contribution in [0.4, 0.5) is 0 Å². The SMILES string of the molecule is CCSC1CC(=O)C(NC=O)C1=O. The van der Waals surface area contributed by atoms with Gasteiger partial charge in [-0.2, -0.15) is 11.8 Å². The minimum absolute atomic E-state index is 0.163. The summed E-state index contributed by atoms with van der Waals surface area (Å²) in [6.07, 6.45) is 0.655. The molecule has 0 aliphatic heterocycles. The third-order valence-corrected chi connectivity index (χ3v) is 3.05. The fraction of sp³-hybridized carbons (Fsp3) is 0.625. The highest BCUT2D eigenvalue weighted by Crippen LogP contribution is 2.24. The summed E-state index contributed by atoms with van der Waals surface area (Å²) < 4.78 is 0. The molecule has 0 heterocycles. The summed E-state index contributed by atoms with van der Waals surface area (Å²) in [6.45, 7) is 1.93. The number of rotatable bonds is 4. The van der Waals surface area contributed by atoms with E-state index < -0.39 is 6.04 Å². The maximum absolute atomic E-state index is 11.4. The molecular formula is C8H11NO3S. The number of Topliss-reactive ketones (excluding diaryl/α,β-unsaturated/α-hetero) is 2. The Bertz CT molecular complexity index is 242. The van der Waals surface area contributed by atoms with Crippen molar-refractivity contribution in [1.29, 1.82) is 0 Å². The van der Waals surface area contributed by atoms with E-state index in [1.807, 2.05) is 6.92 Å². The third kappa shape index (κ3) is 2.09. The zero-order chi connectivity index (χ0) is 9.84. The molecule has 1 aliphatic rings. The molecule has 2 unspecified atom stereocenters. The first kappa shape index (κ1) is 10.2. The smallest absolute Gasteiger partial charge is 0.208 e. The van der Waals surface area contributed by atoms with Gasteiger partial charge in [-0.05, 0) is 5.75 Å². The molecule has 1 saturated carbocycles. The third-order valence-electron chi connectivity index (χ3n) is 1.91. The van der Waals surface area contributed by atoms with E-state index in [0.717, 1.165) is 5.75 Å². The highest BCUT2D eigenvalue weighted by molar-refractivity contribution is 8.00. The van der Waals surface area contributed by atoms with E-state index in [4.69, 9.17) is 0 Å². The number of carbonyl (C=O) groups is 3. The van der Waals surface area contributed by atoms with Crippen molar-refractivity contribution in [1.82, 2.24) is 5.32 Å². The summed E-state index contributed by atoms with van der Waals surface area (Å²) in [5.41, 5.74) is 0. The van der Waals surface area contributed by atoms with E-state index in [-0.39, 0.29) is 23.2 Å². The predicted molar refractivity (Wildman–Crippen MR) is 49.5 cm³/mol. The minimum atomic E-state index is -0.887. The molecule has 1 N–H and O–H groups in total. The zero-order valence-electron chi connectivity index (χ0n) is 7.28. The first-order chi connectivity index (χ1) is 6.20. The maximum atomic E-state index is 11.4. The Hall–Kier alpha value is -0.840. The Labute approximate surface area is 80.4 Å². The van der Waals surface area contributed by atoms with E-state index in [0.29, 0.717) is 6.41 Å². The highest BCUT2D eigenvalue weighted by Gasteiger charge is 2.40. The molecule has 0 aromatic heterocycles. The lowest BCUT2D eigenvalue weighted by molar-refractivity contribution is -0.127. The maximum Gasteiger partial charge on any atom is 0.208 e. The second kappa shape index (κ2) is 4.41. The van der Waals surface area contributed by atoms with Crippen LogP contribution in [-0.2, 0) is 14.4 Å². The van der Waals surface area contributed by atoms with Gasteiger partial charge in [0.05, 0.1) is 5.25 Å². The largest absolute Gasteiger partial charge is 0.342 e. The van der Waals surface area contributed by atoms with Gasteiger partial charge in [0.25, 0.3) is 0 Å². The summed E-state index contributed by atoms with van der Waals surface area (Å²) in [7, 11) is 0. The van der Waals surface area contributed by atoms with Crippen LogP contribution >= 0.6 is 11.8 Å². The van der Waals surface area contributed by atoms with Crippen LogP contribution in [0, 0.1) is 0 Å². The highest BCUT2D eigenvalue weighted by atomic mass is 32.2. The van der Waals surface area contributed by atoms with E-state index in [2.05, 4.69) is 5.32 Å². The molecule has 0 bridgehead atoms. The Morgan fingerprint density at radius 3 is 2.85 bits per heavy atom. The number of ketones is 2. The molecule has 2 atom stereocenters. The molecule has 13 heavy (non-hydrogen) atoms. The van der Waals surface area contributed by atoms with E-state index in [9.17, 15) is 14.4 Å². The lowest BCUT2D eigenvalue weighted by Crippen LogP contribution is -2.38. The lowest BCUT2D eigenvalue weighted by atomic mass is 10.2. The summed E-state index contributed by atoms with van der Waals surface area (Å²) in [6, 6.07) is -0.887. The molecule has 1 fully saturated rings. The van der Waals surface area contributed by atoms with Crippen LogP contribution in [0.15, 0.2) is 0 Å². The van der Waals surface area contributed by atoms with Crippen molar-refractivity contribution in [2.45, 2.75) is 24.6 Å². The normalized spacial score (nSPS) is 27.8. The van der Waals surface area contributed by atoms with Crippen LogP contribution in [0.25, 0.3) is 0 Å². The molecular weight excluding hydrogens is 190 g/mol. The minimum Gasteiger partial charge on any atom is -0.342 e. The van der Waals surface area contributed by atoms with Gasteiger partial charge < -0.3 is 5.32 Å². The fourth-order valence-electron chi connectivity index (χ4n) is 1.33. The second-order valence-corrected chi connectivity index (χ2v) is 4.21. The van der Waals surface area contributed by atoms with Crippen molar-refractivity contribution in [2.75, 3.05) is 5.75 Å². The summed E-state index contributed by atoms with van der Waals surface area (Å²) in [4.78, 5) is 32.7. The summed E-state index contributed by atoms with van der Waals surface area (Å²) in [5, 5.41) is 1.98. The molecule has 1 rings (SSSR count).